The number of benzene rings is 1. The summed E-state index contributed by atoms with van der Waals surface area (Å²) in [6, 6.07) is 5.40. The molecule has 0 radical (unpaired) electrons. The summed E-state index contributed by atoms with van der Waals surface area (Å²) in [6.07, 6.45) is 7.68. The van der Waals surface area contributed by atoms with Crippen molar-refractivity contribution >= 4 is 23.6 Å². The van der Waals surface area contributed by atoms with Crippen molar-refractivity contribution in [2.45, 2.75) is 64.5 Å². The largest absolute Gasteiger partial charge is 0.369 e. The number of nitrogens with zero attached hydrogens (tertiary/aromatic N) is 2. The highest BCUT2D eigenvalue weighted by Crippen LogP contribution is 2.14. The normalized spacial score (nSPS) is 11.6. The maximum Gasteiger partial charge on any atom is 0.256 e. The van der Waals surface area contributed by atoms with E-state index in [0.29, 0.717) is 25.3 Å². The molecule has 2 aromatic rings. The van der Waals surface area contributed by atoms with E-state index in [9.17, 15) is 14.0 Å². The minimum absolute atomic E-state index is 0.0634. The van der Waals surface area contributed by atoms with E-state index in [1.165, 1.54) is 18.3 Å². The SMILES string of the molecule is CCCCCNC(=O)[C@@H](N)CCCCCNc1nc(N)ncc1C(=O)NCc1ccc(F)cc1. The van der Waals surface area contributed by atoms with Gasteiger partial charge in [-0.25, -0.2) is 9.37 Å². The number of nitrogens with two attached hydrogens (primary N) is 2. The van der Waals surface area contributed by atoms with Gasteiger partial charge in [-0.1, -0.05) is 44.7 Å². The Kier molecular flexibility index (Phi) is 11.7. The number of carbonyl (C=O) groups excluding carboxylic acids is 2. The fourth-order valence-electron chi connectivity index (χ4n) is 3.30. The van der Waals surface area contributed by atoms with Gasteiger partial charge >= 0.3 is 0 Å². The van der Waals surface area contributed by atoms with Crippen molar-refractivity contribution in [1.29, 1.82) is 0 Å². The summed E-state index contributed by atoms with van der Waals surface area (Å²) in [5, 5.41) is 8.79. The summed E-state index contributed by atoms with van der Waals surface area (Å²) in [6.45, 7) is 3.61. The van der Waals surface area contributed by atoms with Crippen LogP contribution < -0.4 is 27.4 Å². The number of halogens is 1. The maximum atomic E-state index is 13.0. The van der Waals surface area contributed by atoms with E-state index in [0.717, 1.165) is 44.1 Å². The molecule has 1 aromatic carbocycles. The standard InChI is InChI=1S/C24H36FN7O2/c1-2-3-6-14-29-23(34)20(26)8-5-4-7-13-28-21-19(16-31-24(27)32-21)22(33)30-15-17-9-11-18(25)12-10-17/h9-12,16,20H,2-8,13-15,26H2,1H3,(H,29,34)(H,30,33)(H3,27,28,31,32)/t20-/m0/s1. The van der Waals surface area contributed by atoms with Gasteiger partial charge in [0.15, 0.2) is 0 Å². The second kappa shape index (κ2) is 14.8. The average Bonchev–Trinajstić information content (AvgIpc) is 2.83. The smallest absolute Gasteiger partial charge is 0.256 e. The molecule has 0 fully saturated rings. The number of nitrogen functional groups attached to an aromatic ring is 1. The molecule has 0 saturated heterocycles. The number of hydrogen-bond donors (Lipinski definition) is 5. The van der Waals surface area contributed by atoms with E-state index in [1.807, 2.05) is 0 Å². The van der Waals surface area contributed by atoms with Crippen molar-refractivity contribution in [1.82, 2.24) is 20.6 Å². The quantitative estimate of drug-likeness (QED) is 0.250. The number of amides is 2. The molecule has 2 rings (SSSR count). The molecule has 7 N–H and O–H groups in total. The summed E-state index contributed by atoms with van der Waals surface area (Å²) in [5.74, 6) is -0.369. The summed E-state index contributed by atoms with van der Waals surface area (Å²) < 4.78 is 13.0. The molecule has 0 unspecified atom stereocenters. The maximum absolute atomic E-state index is 13.0. The lowest BCUT2D eigenvalue weighted by atomic mass is 10.1. The number of hydrogen-bond acceptors (Lipinski definition) is 7. The van der Waals surface area contributed by atoms with Gasteiger partial charge in [0.1, 0.15) is 17.2 Å². The highest BCUT2D eigenvalue weighted by Gasteiger charge is 2.15. The van der Waals surface area contributed by atoms with Gasteiger partial charge in [0.2, 0.25) is 11.9 Å². The Balaban J connectivity index is 1.73. The number of unbranched alkanes of at least 4 members (excludes halogenated alkanes) is 4. The Morgan fingerprint density at radius 1 is 1.03 bits per heavy atom. The summed E-state index contributed by atoms with van der Waals surface area (Å²) in [7, 11) is 0. The molecule has 0 bridgehead atoms. The van der Waals surface area contributed by atoms with Crippen LogP contribution in [0.25, 0.3) is 0 Å². The minimum Gasteiger partial charge on any atom is -0.369 e. The minimum atomic E-state index is -0.493. The van der Waals surface area contributed by atoms with Crippen molar-refractivity contribution in [3.05, 3.63) is 47.4 Å². The zero-order valence-electron chi connectivity index (χ0n) is 19.8. The Morgan fingerprint density at radius 2 is 1.76 bits per heavy atom. The van der Waals surface area contributed by atoms with Gasteiger partial charge < -0.3 is 27.4 Å². The zero-order chi connectivity index (χ0) is 24.8. The second-order valence-corrected chi connectivity index (χ2v) is 8.18. The van der Waals surface area contributed by atoms with Crippen LogP contribution in [-0.4, -0.2) is 40.9 Å². The third kappa shape index (κ3) is 9.70. The van der Waals surface area contributed by atoms with Crippen LogP contribution in [0.5, 0.6) is 0 Å². The van der Waals surface area contributed by atoms with E-state index in [4.69, 9.17) is 11.5 Å². The molecule has 1 aromatic heterocycles. The van der Waals surface area contributed by atoms with Gasteiger partial charge in [0.05, 0.1) is 6.04 Å². The van der Waals surface area contributed by atoms with Crippen LogP contribution >= 0.6 is 0 Å². The predicted molar refractivity (Wildman–Crippen MR) is 131 cm³/mol. The van der Waals surface area contributed by atoms with E-state index >= 15 is 0 Å². The lowest BCUT2D eigenvalue weighted by Crippen LogP contribution is -2.40. The molecule has 0 aliphatic heterocycles. The van der Waals surface area contributed by atoms with Gasteiger partial charge in [0.25, 0.3) is 5.91 Å². The number of carbonyl (C=O) groups is 2. The van der Waals surface area contributed by atoms with Gasteiger partial charge in [-0.05, 0) is 37.0 Å². The molecule has 0 aliphatic rings. The van der Waals surface area contributed by atoms with E-state index in [1.54, 1.807) is 12.1 Å². The van der Waals surface area contributed by atoms with Crippen molar-refractivity contribution in [3.63, 3.8) is 0 Å². The lowest BCUT2D eigenvalue weighted by molar-refractivity contribution is -0.122. The zero-order valence-corrected chi connectivity index (χ0v) is 19.8. The van der Waals surface area contributed by atoms with Gasteiger partial charge in [-0.2, -0.15) is 4.98 Å². The van der Waals surface area contributed by atoms with Crippen LogP contribution in [0.2, 0.25) is 0 Å². The molecule has 186 valence electrons. The molecular weight excluding hydrogens is 437 g/mol. The van der Waals surface area contributed by atoms with Crippen LogP contribution in [0.15, 0.2) is 30.5 Å². The third-order valence-corrected chi connectivity index (χ3v) is 5.32. The Bertz CT molecular complexity index is 909. The Hall–Kier alpha value is -3.27. The molecular formula is C24H36FN7O2. The first-order valence-electron chi connectivity index (χ1n) is 11.8. The van der Waals surface area contributed by atoms with Crippen LogP contribution in [0, 0.1) is 5.82 Å². The third-order valence-electron chi connectivity index (χ3n) is 5.32. The molecule has 34 heavy (non-hydrogen) atoms. The molecule has 0 spiro atoms. The average molecular weight is 474 g/mol. The van der Waals surface area contributed by atoms with Crippen LogP contribution in [0.3, 0.4) is 0 Å². The van der Waals surface area contributed by atoms with Crippen LogP contribution in [0.1, 0.15) is 67.8 Å². The molecule has 1 atom stereocenters. The van der Waals surface area contributed by atoms with Crippen molar-refractivity contribution in [2.24, 2.45) is 5.73 Å². The van der Waals surface area contributed by atoms with Crippen LogP contribution in [0.4, 0.5) is 16.2 Å². The van der Waals surface area contributed by atoms with Crippen molar-refractivity contribution in [3.8, 4) is 0 Å². The van der Waals surface area contributed by atoms with Gasteiger partial charge in [-0.15, -0.1) is 0 Å². The first kappa shape index (κ1) is 27.0. The van der Waals surface area contributed by atoms with Gasteiger partial charge in [0, 0.05) is 25.8 Å². The topological polar surface area (TPSA) is 148 Å². The van der Waals surface area contributed by atoms with Gasteiger partial charge in [-0.3, -0.25) is 9.59 Å². The fourth-order valence-corrected chi connectivity index (χ4v) is 3.30. The van der Waals surface area contributed by atoms with Crippen LogP contribution in [-0.2, 0) is 11.3 Å². The molecule has 9 nitrogen and oxygen atoms in total. The van der Waals surface area contributed by atoms with E-state index in [-0.39, 0.29) is 35.7 Å². The molecule has 0 saturated carbocycles. The molecule has 0 aliphatic carbocycles. The van der Waals surface area contributed by atoms with Crippen molar-refractivity contribution in [2.75, 3.05) is 24.1 Å². The van der Waals surface area contributed by atoms with Crippen molar-refractivity contribution < 1.29 is 14.0 Å². The molecule has 1 heterocycles. The van der Waals surface area contributed by atoms with E-state index < -0.39 is 6.04 Å². The highest BCUT2D eigenvalue weighted by molar-refractivity contribution is 5.98. The predicted octanol–water partition coefficient (Wildman–Crippen LogP) is 2.73. The number of nitrogens with one attached hydrogen (secondary N) is 3. The molecule has 2 amide bonds. The monoisotopic (exact) mass is 473 g/mol. The Morgan fingerprint density at radius 3 is 2.50 bits per heavy atom. The first-order valence-corrected chi connectivity index (χ1v) is 11.8. The highest BCUT2D eigenvalue weighted by atomic mass is 19.1. The number of aromatic nitrogens is 2. The molecule has 10 heteroatoms. The summed E-state index contributed by atoms with van der Waals surface area (Å²) in [4.78, 5) is 32.6. The second-order valence-electron chi connectivity index (χ2n) is 8.18. The fraction of sp³-hybridized carbons (Fsp3) is 0.500. The summed E-state index contributed by atoms with van der Waals surface area (Å²) >= 11 is 0. The Labute approximate surface area is 200 Å². The number of rotatable bonds is 15. The lowest BCUT2D eigenvalue weighted by Gasteiger charge is -2.13. The first-order chi connectivity index (χ1) is 16.4. The number of anilines is 2. The summed E-state index contributed by atoms with van der Waals surface area (Å²) in [5.41, 5.74) is 12.7. The van der Waals surface area contributed by atoms with E-state index in [2.05, 4.69) is 32.8 Å².